The molecule has 1 saturated heterocycles. The molecule has 0 bridgehead atoms. The molecule has 0 unspecified atom stereocenters. The van der Waals surface area contributed by atoms with Gasteiger partial charge in [0.1, 0.15) is 25.4 Å². The van der Waals surface area contributed by atoms with Crippen LogP contribution >= 0.6 is 0 Å². The predicted molar refractivity (Wildman–Crippen MR) is 120 cm³/mol. The number of likely N-dealkylation sites (tertiary alicyclic amines) is 1. The van der Waals surface area contributed by atoms with Crippen LogP contribution in [0.2, 0.25) is 0 Å². The second kappa shape index (κ2) is 12.1. The second-order valence-electron chi connectivity index (χ2n) is 8.82. The van der Waals surface area contributed by atoms with Crippen molar-refractivity contribution in [1.29, 1.82) is 0 Å². The summed E-state index contributed by atoms with van der Waals surface area (Å²) in [4.78, 5) is 15.4. The zero-order chi connectivity index (χ0) is 23.8. The molecule has 2 fully saturated rings. The van der Waals surface area contributed by atoms with Crippen molar-refractivity contribution in [2.45, 2.75) is 56.7 Å². The fourth-order valence-electron chi connectivity index (χ4n) is 4.77. The fraction of sp³-hybridized carbons (Fsp3) is 0.708. The molecule has 1 amide bonds. The van der Waals surface area contributed by atoms with Gasteiger partial charge in [-0.15, -0.1) is 0 Å². The number of ether oxygens (including phenoxy) is 6. The van der Waals surface area contributed by atoms with Crippen molar-refractivity contribution in [3.63, 3.8) is 0 Å². The van der Waals surface area contributed by atoms with Gasteiger partial charge in [-0.3, -0.25) is 4.79 Å². The Labute approximate surface area is 195 Å². The molecule has 1 aliphatic heterocycles. The Bertz CT molecular complexity index is 738. The van der Waals surface area contributed by atoms with Gasteiger partial charge in [0.25, 0.3) is 5.91 Å². The molecule has 2 aliphatic rings. The molecule has 33 heavy (non-hydrogen) atoms. The first-order valence-electron chi connectivity index (χ1n) is 11.4. The highest BCUT2D eigenvalue weighted by molar-refractivity contribution is 5.82. The highest BCUT2D eigenvalue weighted by Gasteiger charge is 2.57. The Hall–Kier alpha value is -1.75. The van der Waals surface area contributed by atoms with Crippen molar-refractivity contribution >= 4 is 5.91 Å². The average Bonchev–Trinajstić information content (AvgIpc) is 3.44. The minimum atomic E-state index is -0.893. The largest absolute Gasteiger partial charge is 0.497 e. The molecular formula is C24H37NO8. The number of hydrogen-bond acceptors (Lipinski definition) is 8. The summed E-state index contributed by atoms with van der Waals surface area (Å²) in [5, 5.41) is 11.1. The molecule has 1 heterocycles. The van der Waals surface area contributed by atoms with E-state index in [1.807, 2.05) is 36.1 Å². The number of carbonyl (C=O) groups excluding carboxylic acids is 1. The maximum atomic E-state index is 13.6. The number of nitrogens with zero attached hydrogens (tertiary/aromatic N) is 1. The van der Waals surface area contributed by atoms with Gasteiger partial charge in [-0.1, -0.05) is 12.1 Å². The van der Waals surface area contributed by atoms with Crippen LogP contribution in [0.25, 0.3) is 0 Å². The third-order valence-electron chi connectivity index (χ3n) is 6.48. The Balaban J connectivity index is 1.85. The Morgan fingerprint density at radius 3 is 2.39 bits per heavy atom. The van der Waals surface area contributed by atoms with Crippen molar-refractivity contribution in [2.75, 3.05) is 48.0 Å². The monoisotopic (exact) mass is 467 g/mol. The molecule has 0 aromatic heterocycles. The number of hydrogen-bond donors (Lipinski definition) is 1. The van der Waals surface area contributed by atoms with Crippen molar-refractivity contribution in [3.8, 4) is 5.75 Å². The van der Waals surface area contributed by atoms with Gasteiger partial charge in [-0.05, 0) is 37.5 Å². The van der Waals surface area contributed by atoms with Gasteiger partial charge in [-0.2, -0.15) is 0 Å². The summed E-state index contributed by atoms with van der Waals surface area (Å²) >= 11 is 0. The first-order chi connectivity index (χ1) is 15.9. The molecule has 1 saturated carbocycles. The van der Waals surface area contributed by atoms with E-state index < -0.39 is 29.8 Å². The Kier molecular flexibility index (Phi) is 9.48. The molecular weight excluding hydrogens is 430 g/mol. The minimum absolute atomic E-state index is 0.00290. The number of carbonyl (C=O) groups is 1. The van der Waals surface area contributed by atoms with Crippen molar-refractivity contribution in [3.05, 3.63) is 29.8 Å². The van der Waals surface area contributed by atoms with Gasteiger partial charge in [0.15, 0.2) is 0 Å². The molecule has 186 valence electrons. The third kappa shape index (κ3) is 6.23. The number of amides is 1. The standard InChI is InChI=1S/C24H37NO8/c1-24(33-16-29-3)13-19(26)20(22(24)32-15-28-2)21(23(27)25-11-5-6-12-25)31-14-17-7-9-18(30-4)10-8-17/h7-10,19-22,26H,5-6,11-16H2,1-4H3/t19-,20+,21-,22-,24-/m1/s1. The van der Waals surface area contributed by atoms with Crippen LogP contribution < -0.4 is 4.74 Å². The topological polar surface area (TPSA) is 95.9 Å². The van der Waals surface area contributed by atoms with Crippen LogP contribution in [0.1, 0.15) is 31.7 Å². The normalized spacial score (nSPS) is 28.3. The number of rotatable bonds is 12. The van der Waals surface area contributed by atoms with Crippen molar-refractivity contribution < 1.29 is 38.3 Å². The molecule has 1 N–H and O–H groups in total. The molecule has 0 radical (unpaired) electrons. The van der Waals surface area contributed by atoms with E-state index in [1.54, 1.807) is 7.11 Å². The number of methoxy groups -OCH3 is 3. The quantitative estimate of drug-likeness (QED) is 0.466. The van der Waals surface area contributed by atoms with Gasteiger partial charge < -0.3 is 38.4 Å². The van der Waals surface area contributed by atoms with E-state index in [4.69, 9.17) is 28.4 Å². The lowest BCUT2D eigenvalue weighted by molar-refractivity contribution is -0.209. The lowest BCUT2D eigenvalue weighted by Gasteiger charge is -2.36. The van der Waals surface area contributed by atoms with Crippen LogP contribution in [0, 0.1) is 5.92 Å². The summed E-state index contributed by atoms with van der Waals surface area (Å²) in [6.45, 7) is 3.49. The van der Waals surface area contributed by atoms with E-state index in [0.29, 0.717) is 13.1 Å². The van der Waals surface area contributed by atoms with Crippen molar-refractivity contribution in [2.24, 2.45) is 5.92 Å². The summed E-state index contributed by atoms with van der Waals surface area (Å²) in [7, 11) is 4.68. The molecule has 1 aromatic rings. The van der Waals surface area contributed by atoms with Crippen LogP contribution in [0.4, 0.5) is 0 Å². The van der Waals surface area contributed by atoms with Crippen LogP contribution in [-0.4, -0.2) is 87.8 Å². The number of aliphatic hydroxyl groups excluding tert-OH is 1. The van der Waals surface area contributed by atoms with E-state index in [1.165, 1.54) is 14.2 Å². The maximum Gasteiger partial charge on any atom is 0.252 e. The van der Waals surface area contributed by atoms with Gasteiger partial charge in [-0.25, -0.2) is 0 Å². The highest BCUT2D eigenvalue weighted by atomic mass is 16.7. The Morgan fingerprint density at radius 1 is 1.12 bits per heavy atom. The van der Waals surface area contributed by atoms with Gasteiger partial charge in [0.05, 0.1) is 31.5 Å². The van der Waals surface area contributed by atoms with Crippen LogP contribution in [0.15, 0.2) is 24.3 Å². The van der Waals surface area contributed by atoms with E-state index in [2.05, 4.69) is 0 Å². The van der Waals surface area contributed by atoms with E-state index in [0.717, 1.165) is 24.2 Å². The van der Waals surface area contributed by atoms with Crippen molar-refractivity contribution in [1.82, 2.24) is 4.90 Å². The SMILES string of the molecule is COCO[C@@H]1[C@H]([C@@H](OCc2ccc(OC)cc2)C(=O)N2CCCC2)[C@H](O)C[C@@]1(C)OCOC. The zero-order valence-corrected chi connectivity index (χ0v) is 20.0. The van der Waals surface area contributed by atoms with E-state index in [-0.39, 0.29) is 32.5 Å². The maximum absolute atomic E-state index is 13.6. The summed E-state index contributed by atoms with van der Waals surface area (Å²) in [6, 6.07) is 7.49. The second-order valence-corrected chi connectivity index (χ2v) is 8.82. The van der Waals surface area contributed by atoms with Crippen LogP contribution in [0.5, 0.6) is 5.75 Å². The summed E-state index contributed by atoms with van der Waals surface area (Å²) in [5.74, 6) is -0.0193. The number of benzene rings is 1. The van der Waals surface area contributed by atoms with E-state index >= 15 is 0 Å². The average molecular weight is 468 g/mol. The molecule has 3 rings (SSSR count). The summed E-state index contributed by atoms with van der Waals surface area (Å²) in [6.07, 6.45) is -0.179. The van der Waals surface area contributed by atoms with Gasteiger partial charge in [0, 0.05) is 39.6 Å². The highest BCUT2D eigenvalue weighted by Crippen LogP contribution is 2.43. The zero-order valence-electron chi connectivity index (χ0n) is 20.0. The minimum Gasteiger partial charge on any atom is -0.497 e. The first kappa shape index (κ1) is 25.9. The van der Waals surface area contributed by atoms with Crippen LogP contribution in [-0.2, 0) is 35.1 Å². The number of aliphatic hydroxyl groups is 1. The smallest absolute Gasteiger partial charge is 0.252 e. The predicted octanol–water partition coefficient (Wildman–Crippen LogP) is 1.95. The molecule has 0 spiro atoms. The molecule has 1 aliphatic carbocycles. The fourth-order valence-corrected chi connectivity index (χ4v) is 4.77. The molecule has 1 aromatic carbocycles. The van der Waals surface area contributed by atoms with Gasteiger partial charge in [0.2, 0.25) is 0 Å². The van der Waals surface area contributed by atoms with Crippen LogP contribution in [0.3, 0.4) is 0 Å². The molecule has 9 heteroatoms. The summed E-state index contributed by atoms with van der Waals surface area (Å²) < 4.78 is 33.6. The lowest BCUT2D eigenvalue weighted by Crippen LogP contribution is -2.52. The van der Waals surface area contributed by atoms with E-state index in [9.17, 15) is 9.90 Å². The first-order valence-corrected chi connectivity index (χ1v) is 11.4. The Morgan fingerprint density at radius 2 is 1.79 bits per heavy atom. The van der Waals surface area contributed by atoms with Gasteiger partial charge >= 0.3 is 0 Å². The molecule has 5 atom stereocenters. The third-order valence-corrected chi connectivity index (χ3v) is 6.48. The summed E-state index contributed by atoms with van der Waals surface area (Å²) in [5.41, 5.74) is 0.0290. The molecule has 9 nitrogen and oxygen atoms in total. The lowest BCUT2D eigenvalue weighted by atomic mass is 9.91.